The van der Waals surface area contributed by atoms with E-state index < -0.39 is 41.7 Å². The van der Waals surface area contributed by atoms with E-state index in [9.17, 15) is 44.4 Å². The van der Waals surface area contributed by atoms with Gasteiger partial charge >= 0.3 is 6.09 Å². The average Bonchev–Trinajstić information content (AvgIpc) is 3.37. The number of nitrogens with one attached hydrogen (secondary N) is 2. The normalized spacial score (nSPS) is 26.5. The molecule has 1 aliphatic heterocycles. The molecule has 0 bridgehead atoms. The van der Waals surface area contributed by atoms with Crippen LogP contribution in [0.5, 0.6) is 11.5 Å². The number of anilines is 2. The molecule has 1 heterocycles. The van der Waals surface area contributed by atoms with Crippen LogP contribution in [0.15, 0.2) is 84.5 Å². The summed E-state index contributed by atoms with van der Waals surface area (Å²) in [5.74, 6) is 1.23. The van der Waals surface area contributed by atoms with Crippen LogP contribution in [0.4, 0.5) is 16.2 Å². The first kappa shape index (κ1) is 66.8. The summed E-state index contributed by atoms with van der Waals surface area (Å²) >= 11 is 0. The minimum absolute atomic E-state index is 0.00620. The Morgan fingerprint density at radius 1 is 0.866 bits per heavy atom. The van der Waals surface area contributed by atoms with Crippen LogP contribution >= 0.6 is 0 Å². The molecule has 452 valence electrons. The fraction of sp³-hybridized carbons (Fsp3) is 0.585. The number of ether oxygens (including phenoxy) is 3. The Morgan fingerprint density at radius 3 is 2.05 bits per heavy atom. The maximum Gasteiger partial charge on any atom is 0.404 e. The number of aliphatic hydroxyl groups excluding tert-OH is 3. The number of hydrogen-bond acceptors (Lipinski definition) is 14. The van der Waals surface area contributed by atoms with Crippen LogP contribution in [0.3, 0.4) is 0 Å². The van der Waals surface area contributed by atoms with Gasteiger partial charge in [-0.3, -0.25) is 29.0 Å². The summed E-state index contributed by atoms with van der Waals surface area (Å²) in [6.45, 7) is 24.1. The number of fused-ring (bicyclic) bond motifs is 5. The number of methoxy groups -OCH3 is 1. The van der Waals surface area contributed by atoms with Gasteiger partial charge in [0.2, 0.25) is 11.8 Å². The van der Waals surface area contributed by atoms with Crippen LogP contribution in [0.2, 0.25) is 0 Å². The van der Waals surface area contributed by atoms with Gasteiger partial charge in [0.15, 0.2) is 23.1 Å². The van der Waals surface area contributed by atoms with E-state index in [0.717, 1.165) is 91.1 Å². The summed E-state index contributed by atoms with van der Waals surface area (Å²) in [6, 6.07) is 19.3. The third kappa shape index (κ3) is 16.2. The van der Waals surface area contributed by atoms with Crippen molar-refractivity contribution in [2.75, 3.05) is 70.3 Å². The van der Waals surface area contributed by atoms with Gasteiger partial charge in [0, 0.05) is 28.1 Å². The largest absolute Gasteiger partial charge is 0.493 e. The molecule has 8 rings (SSSR count). The average molecular weight is 1140 g/mol. The molecule has 0 aromatic heterocycles. The summed E-state index contributed by atoms with van der Waals surface area (Å²) in [4.78, 5) is 63.7. The van der Waals surface area contributed by atoms with Gasteiger partial charge in [-0.1, -0.05) is 115 Å². The Balaban J connectivity index is 0.000000205. The van der Waals surface area contributed by atoms with E-state index in [1.54, 1.807) is 36.4 Å². The first-order valence-electron chi connectivity index (χ1n) is 29.5. The highest BCUT2D eigenvalue weighted by atomic mass is 16.6. The number of allylic oxidation sites excluding steroid dienone is 4. The quantitative estimate of drug-likeness (QED) is 0.0629. The fourth-order valence-corrected chi connectivity index (χ4v) is 13.5. The van der Waals surface area contributed by atoms with Crippen molar-refractivity contribution in [3.63, 3.8) is 0 Å². The molecule has 0 spiro atoms. The second-order valence-corrected chi connectivity index (χ2v) is 23.4. The lowest BCUT2D eigenvalue weighted by atomic mass is 9.45. The zero-order valence-electron chi connectivity index (χ0n) is 50.6. The third-order valence-corrected chi connectivity index (χ3v) is 17.9. The Labute approximate surface area is 487 Å². The molecular weight excluding hydrogens is 1040 g/mol. The number of carbonyl (C=O) groups is 5. The van der Waals surface area contributed by atoms with Crippen molar-refractivity contribution in [1.82, 2.24) is 9.80 Å². The maximum absolute atomic E-state index is 12.7. The van der Waals surface area contributed by atoms with Gasteiger partial charge in [0.25, 0.3) is 0 Å². The fourth-order valence-electron chi connectivity index (χ4n) is 13.5. The number of nitrogens with zero attached hydrogens (tertiary/aromatic N) is 2. The lowest BCUT2D eigenvalue weighted by molar-refractivity contribution is -0.180. The minimum Gasteiger partial charge on any atom is -0.493 e. The lowest BCUT2D eigenvalue weighted by Gasteiger charge is -2.60. The van der Waals surface area contributed by atoms with E-state index in [4.69, 9.17) is 15.2 Å². The van der Waals surface area contributed by atoms with Crippen LogP contribution in [0.1, 0.15) is 122 Å². The maximum atomic E-state index is 12.7. The Kier molecular flexibility index (Phi) is 24.9. The molecule has 5 aliphatic rings. The number of hydrogen-bond donors (Lipinski definition) is 7. The number of para-hydroxylation sites is 4. The van der Waals surface area contributed by atoms with Crippen molar-refractivity contribution in [3.8, 4) is 11.5 Å². The van der Waals surface area contributed by atoms with Gasteiger partial charge in [-0.25, -0.2) is 4.79 Å². The van der Waals surface area contributed by atoms with Crippen LogP contribution in [0.25, 0.3) is 0 Å². The highest BCUT2D eigenvalue weighted by Crippen LogP contribution is 2.67. The second kappa shape index (κ2) is 30.6. The number of benzene rings is 3. The zero-order valence-corrected chi connectivity index (χ0v) is 50.6. The number of likely N-dealkylation sites (tertiary alicyclic amines) is 1. The van der Waals surface area contributed by atoms with E-state index in [-0.39, 0.29) is 65.9 Å². The second-order valence-electron chi connectivity index (χ2n) is 23.4. The summed E-state index contributed by atoms with van der Waals surface area (Å²) in [5, 5.41) is 47.5. The smallest absolute Gasteiger partial charge is 0.404 e. The minimum atomic E-state index is -1.57. The van der Waals surface area contributed by atoms with Crippen LogP contribution in [-0.4, -0.2) is 143 Å². The van der Waals surface area contributed by atoms with E-state index in [2.05, 4.69) is 85.8 Å². The number of amides is 3. The van der Waals surface area contributed by atoms with Gasteiger partial charge in [-0.15, -0.1) is 0 Å². The van der Waals surface area contributed by atoms with Gasteiger partial charge < -0.3 is 51.0 Å². The molecule has 2 unspecified atom stereocenters. The number of Topliss-reactive ketones (excluding diaryl/α,β-unsaturated/α-hetero) is 1. The monoisotopic (exact) mass is 1140 g/mol. The number of likely N-dealkylation sites (N-methyl/N-ethyl adjacent to an activating group) is 1. The van der Waals surface area contributed by atoms with Crippen LogP contribution < -0.4 is 25.8 Å². The van der Waals surface area contributed by atoms with E-state index >= 15 is 0 Å². The van der Waals surface area contributed by atoms with Crippen LogP contribution in [0, 0.1) is 62.2 Å². The molecule has 82 heavy (non-hydrogen) atoms. The lowest BCUT2D eigenvalue weighted by Crippen LogP contribution is -2.62. The number of ketones is 2. The Hall–Kier alpha value is -5.95. The molecule has 3 saturated carbocycles. The molecule has 4 fully saturated rings. The summed E-state index contributed by atoms with van der Waals surface area (Å²) in [6.07, 6.45) is 10.7. The molecule has 17 nitrogen and oxygen atoms in total. The standard InChI is InChI=1S/C22H30O5.C18H28N2O.C14H22N2O.C11H15NO5/c1-12-8-14-15-5-7-22(27,18(26)11-23)21(15,3)10-17(25)19(14)20(2)6-4-13(24)9-16(12)20;1-4-5-12-20-13-7-6-11-16(20)18(21)19-17-14(2)9-8-10-15(17)3;1-5-16(6-2)10-13(17)15-14-11(3)8-7-9-12(14)4;1-15-9-4-2-3-5-10(9)16-6-8(13)7-17-11(12)14/h4,6,9,12,14-15,17,19,23,25,27H,5,7-8,10-11H2,1-3H3;8-10,16H,4-7,11-13H2,1-3H3,(H,19,21);7-9H,5-6,10H2,1-4H3,(H,15,17);2-5,8,13H,6-7H2,1H3,(H2,12,14)/t12-,14-,15-,17-,19+,20-,21-,22-;;;/m0.../s1. The summed E-state index contributed by atoms with van der Waals surface area (Å²) < 4.78 is 14.8. The first-order chi connectivity index (χ1) is 38.9. The van der Waals surface area contributed by atoms with Crippen molar-refractivity contribution in [2.24, 2.45) is 40.2 Å². The Bertz CT molecular complexity index is 2670. The number of unbranched alkanes of at least 4 members (excludes halogenated alkanes) is 1. The number of primary amides is 1. The number of carbonyl (C=O) groups excluding carboxylic acids is 5. The third-order valence-electron chi connectivity index (χ3n) is 17.9. The van der Waals surface area contributed by atoms with Crippen molar-refractivity contribution in [3.05, 3.63) is 107 Å². The number of nitrogens with two attached hydrogens (primary N) is 1. The van der Waals surface area contributed by atoms with E-state index in [1.165, 1.54) is 26.4 Å². The molecule has 3 aromatic rings. The van der Waals surface area contributed by atoms with Gasteiger partial charge in [-0.05, 0) is 163 Å². The van der Waals surface area contributed by atoms with Crippen molar-refractivity contribution >= 4 is 40.8 Å². The highest BCUT2D eigenvalue weighted by Gasteiger charge is 2.68. The van der Waals surface area contributed by atoms with Crippen molar-refractivity contribution in [2.45, 2.75) is 151 Å². The molecule has 17 heteroatoms. The molecule has 1 saturated heterocycles. The molecule has 0 radical (unpaired) electrons. The van der Waals surface area contributed by atoms with Gasteiger partial charge in [-0.2, -0.15) is 0 Å². The topological polar surface area (TPSA) is 251 Å². The number of rotatable bonds is 18. The molecule has 3 aromatic carbocycles. The number of aryl methyl sites for hydroxylation is 4. The van der Waals surface area contributed by atoms with Gasteiger partial charge in [0.05, 0.1) is 25.8 Å². The SMILES string of the molecule is CCCCN1CCCCC1C(=O)Nc1c(C)cccc1C.CCN(CC)CC(=O)Nc1c(C)cccc1C.COc1ccccc1OCC(O)COC(N)=O.C[C@H]1C[C@@H]2[C@H]([C@@H](O)C[C@@]3(C)[C@H]2CC[C@]3(O)C(=O)CO)[C@@]2(C)C=CC(=O)C=C12. The highest BCUT2D eigenvalue weighted by molar-refractivity contribution is 6.01. The van der Waals surface area contributed by atoms with Gasteiger partial charge in [0.1, 0.15) is 31.5 Å². The van der Waals surface area contributed by atoms with E-state index in [0.29, 0.717) is 30.9 Å². The molecule has 3 amide bonds. The Morgan fingerprint density at radius 2 is 1.48 bits per heavy atom. The first-order valence-corrected chi connectivity index (χ1v) is 29.5. The van der Waals surface area contributed by atoms with Crippen LogP contribution in [-0.2, 0) is 23.9 Å². The molecular formula is C65H95N5O12. The predicted octanol–water partition coefficient (Wildman–Crippen LogP) is 8.81. The summed E-state index contributed by atoms with van der Waals surface area (Å²) in [7, 11) is 1.52. The predicted molar refractivity (Wildman–Crippen MR) is 321 cm³/mol. The van der Waals surface area contributed by atoms with Crippen molar-refractivity contribution in [1.29, 1.82) is 0 Å². The summed E-state index contributed by atoms with van der Waals surface area (Å²) in [5.41, 5.74) is 9.60. The van der Waals surface area contributed by atoms with E-state index in [1.807, 2.05) is 51.1 Å². The number of aliphatic hydroxyl groups is 4. The molecule has 8 N–H and O–H groups in total. The molecule has 10 atom stereocenters. The van der Waals surface area contributed by atoms with Crippen molar-refractivity contribution < 1.29 is 58.6 Å². The molecule has 4 aliphatic carbocycles. The zero-order chi connectivity index (χ0) is 60.5. The number of piperidine rings is 1.